The van der Waals surface area contributed by atoms with E-state index in [1.54, 1.807) is 13.1 Å². The maximum absolute atomic E-state index is 11.5. The molecule has 0 aromatic carbocycles. The summed E-state index contributed by atoms with van der Waals surface area (Å²) < 4.78 is 6.14. The van der Waals surface area contributed by atoms with E-state index in [1.165, 1.54) is 10.9 Å². The first-order valence-electron chi connectivity index (χ1n) is 4.51. The van der Waals surface area contributed by atoms with E-state index in [1.807, 2.05) is 0 Å². The van der Waals surface area contributed by atoms with Crippen LogP contribution in [0, 0.1) is 6.92 Å². The van der Waals surface area contributed by atoms with Crippen LogP contribution in [0.1, 0.15) is 5.82 Å². The van der Waals surface area contributed by atoms with E-state index in [0.29, 0.717) is 11.5 Å². The second-order valence-electron chi connectivity index (χ2n) is 3.17. The molecule has 8 heteroatoms. The number of nitrogen functional groups attached to an aromatic ring is 1. The summed E-state index contributed by atoms with van der Waals surface area (Å²) in [5, 5.41) is 9.84. The maximum atomic E-state index is 11.5. The van der Waals surface area contributed by atoms with Crippen LogP contribution < -0.4 is 11.1 Å². The molecule has 2 aromatic heterocycles. The minimum atomic E-state index is -0.313. The zero-order valence-corrected chi connectivity index (χ0v) is 8.54. The Morgan fingerprint density at radius 3 is 3.06 bits per heavy atom. The summed E-state index contributed by atoms with van der Waals surface area (Å²) in [6, 6.07) is 0.0719. The van der Waals surface area contributed by atoms with E-state index in [0.717, 1.165) is 0 Å². The van der Waals surface area contributed by atoms with Crippen LogP contribution in [-0.4, -0.2) is 25.8 Å². The van der Waals surface area contributed by atoms with Crippen molar-refractivity contribution < 1.29 is 9.32 Å². The van der Waals surface area contributed by atoms with Gasteiger partial charge in [-0.2, -0.15) is 10.1 Å². The first kappa shape index (κ1) is 10.1. The van der Waals surface area contributed by atoms with E-state index in [4.69, 9.17) is 10.3 Å². The topological polar surface area (TPSA) is 112 Å². The monoisotopic (exact) mass is 222 g/mol. The number of nitrogens with two attached hydrogens (primary N) is 1. The molecular formula is C8H10N6O2. The quantitative estimate of drug-likeness (QED) is 0.743. The largest absolute Gasteiger partial charge is 0.396 e. The Morgan fingerprint density at radius 1 is 1.69 bits per heavy atom. The van der Waals surface area contributed by atoms with E-state index >= 15 is 0 Å². The SMILES string of the molecule is Cc1noc(NC(=O)Cn2cc(N)cn2)n1. The Kier molecular flexibility index (Phi) is 2.54. The molecule has 2 heterocycles. The fraction of sp³-hybridized carbons (Fsp3) is 0.250. The van der Waals surface area contributed by atoms with Crippen LogP contribution in [0.4, 0.5) is 11.7 Å². The predicted octanol–water partition coefficient (Wildman–Crippen LogP) is -0.205. The Morgan fingerprint density at radius 2 is 2.50 bits per heavy atom. The van der Waals surface area contributed by atoms with Crippen LogP contribution >= 0.6 is 0 Å². The molecule has 1 amide bonds. The Hall–Kier alpha value is -2.38. The molecule has 0 radical (unpaired) electrons. The van der Waals surface area contributed by atoms with Crippen molar-refractivity contribution in [3.63, 3.8) is 0 Å². The number of hydrogen-bond donors (Lipinski definition) is 2. The number of rotatable bonds is 3. The molecule has 2 aromatic rings. The number of carbonyl (C=O) groups excluding carboxylic acids is 1. The molecule has 16 heavy (non-hydrogen) atoms. The van der Waals surface area contributed by atoms with Gasteiger partial charge in [-0.3, -0.25) is 14.8 Å². The van der Waals surface area contributed by atoms with E-state index in [9.17, 15) is 4.79 Å². The van der Waals surface area contributed by atoms with Crippen LogP contribution in [0.5, 0.6) is 0 Å². The molecule has 0 aliphatic rings. The molecule has 2 rings (SSSR count). The van der Waals surface area contributed by atoms with Gasteiger partial charge in [-0.15, -0.1) is 0 Å². The first-order chi connectivity index (χ1) is 7.63. The van der Waals surface area contributed by atoms with Gasteiger partial charge in [0.05, 0.1) is 11.9 Å². The van der Waals surface area contributed by atoms with E-state index < -0.39 is 0 Å². The molecule has 0 bridgehead atoms. The molecule has 0 spiro atoms. The summed E-state index contributed by atoms with van der Waals surface area (Å²) in [7, 11) is 0. The van der Waals surface area contributed by atoms with E-state index in [2.05, 4.69) is 20.6 Å². The highest BCUT2D eigenvalue weighted by molar-refractivity contribution is 5.88. The smallest absolute Gasteiger partial charge is 0.328 e. The van der Waals surface area contributed by atoms with Gasteiger partial charge >= 0.3 is 6.01 Å². The van der Waals surface area contributed by atoms with Gasteiger partial charge in [0.15, 0.2) is 5.82 Å². The van der Waals surface area contributed by atoms with Crippen molar-refractivity contribution in [2.75, 3.05) is 11.1 Å². The van der Waals surface area contributed by atoms with Crippen LogP contribution in [0.3, 0.4) is 0 Å². The molecule has 0 unspecified atom stereocenters. The molecule has 8 nitrogen and oxygen atoms in total. The van der Waals surface area contributed by atoms with Crippen molar-refractivity contribution in [3.8, 4) is 0 Å². The highest BCUT2D eigenvalue weighted by Gasteiger charge is 2.08. The summed E-state index contributed by atoms with van der Waals surface area (Å²) in [5.74, 6) is 0.144. The van der Waals surface area contributed by atoms with Gasteiger partial charge in [0.1, 0.15) is 6.54 Å². The number of aryl methyl sites for hydroxylation is 1. The molecule has 0 saturated heterocycles. The molecular weight excluding hydrogens is 212 g/mol. The Labute approximate surface area is 90.4 Å². The predicted molar refractivity (Wildman–Crippen MR) is 54.3 cm³/mol. The summed E-state index contributed by atoms with van der Waals surface area (Å²) in [6.45, 7) is 1.70. The van der Waals surface area contributed by atoms with Gasteiger partial charge < -0.3 is 10.3 Å². The number of anilines is 2. The molecule has 84 valence electrons. The highest BCUT2D eigenvalue weighted by Crippen LogP contribution is 2.03. The average Bonchev–Trinajstić information content (AvgIpc) is 2.76. The molecule has 3 N–H and O–H groups in total. The molecule has 0 fully saturated rings. The number of amides is 1. The number of carbonyl (C=O) groups is 1. The fourth-order valence-corrected chi connectivity index (χ4v) is 1.12. The Bertz CT molecular complexity index is 458. The van der Waals surface area contributed by atoms with Crippen LogP contribution in [0.25, 0.3) is 0 Å². The van der Waals surface area contributed by atoms with Gasteiger partial charge in [0, 0.05) is 6.20 Å². The molecule has 0 aliphatic heterocycles. The zero-order chi connectivity index (χ0) is 11.5. The summed E-state index contributed by atoms with van der Waals surface area (Å²) >= 11 is 0. The van der Waals surface area contributed by atoms with Crippen LogP contribution in [0.15, 0.2) is 16.9 Å². The summed E-state index contributed by atoms with van der Waals surface area (Å²) in [6.07, 6.45) is 3.02. The lowest BCUT2D eigenvalue weighted by molar-refractivity contribution is -0.117. The van der Waals surface area contributed by atoms with Gasteiger partial charge in [-0.05, 0) is 6.92 Å². The second-order valence-corrected chi connectivity index (χ2v) is 3.17. The molecule has 0 saturated carbocycles. The van der Waals surface area contributed by atoms with Crippen molar-refractivity contribution in [2.24, 2.45) is 0 Å². The lowest BCUT2D eigenvalue weighted by Crippen LogP contribution is -2.19. The Balaban J connectivity index is 1.94. The standard InChI is InChI=1S/C8H10N6O2/c1-5-11-8(16-13-5)12-7(15)4-14-3-6(9)2-10-14/h2-3H,4,9H2,1H3,(H,11,12,13,15). The third kappa shape index (κ3) is 2.35. The lowest BCUT2D eigenvalue weighted by atomic mass is 10.5. The number of aromatic nitrogens is 4. The van der Waals surface area contributed by atoms with Crippen molar-refractivity contribution in [1.29, 1.82) is 0 Å². The third-order valence-electron chi connectivity index (χ3n) is 1.73. The lowest BCUT2D eigenvalue weighted by Gasteiger charge is -1.99. The minimum Gasteiger partial charge on any atom is -0.396 e. The van der Waals surface area contributed by atoms with Gasteiger partial charge in [-0.25, -0.2) is 0 Å². The van der Waals surface area contributed by atoms with Crippen molar-refractivity contribution in [3.05, 3.63) is 18.2 Å². The number of nitrogens with one attached hydrogen (secondary N) is 1. The van der Waals surface area contributed by atoms with Crippen molar-refractivity contribution >= 4 is 17.6 Å². The zero-order valence-electron chi connectivity index (χ0n) is 8.54. The molecule has 0 aliphatic carbocycles. The number of nitrogens with zero attached hydrogens (tertiary/aromatic N) is 4. The third-order valence-corrected chi connectivity index (χ3v) is 1.73. The van der Waals surface area contributed by atoms with Gasteiger partial charge in [-0.1, -0.05) is 5.16 Å². The highest BCUT2D eigenvalue weighted by atomic mass is 16.5. The van der Waals surface area contributed by atoms with E-state index in [-0.39, 0.29) is 18.5 Å². The minimum absolute atomic E-state index is 0.0403. The average molecular weight is 222 g/mol. The van der Waals surface area contributed by atoms with Crippen molar-refractivity contribution in [1.82, 2.24) is 19.9 Å². The van der Waals surface area contributed by atoms with Gasteiger partial charge in [0.25, 0.3) is 0 Å². The van der Waals surface area contributed by atoms with Crippen molar-refractivity contribution in [2.45, 2.75) is 13.5 Å². The van der Waals surface area contributed by atoms with Crippen LogP contribution in [-0.2, 0) is 11.3 Å². The summed E-state index contributed by atoms with van der Waals surface area (Å²) in [5.41, 5.74) is 5.96. The molecule has 0 atom stereocenters. The normalized spacial score (nSPS) is 10.3. The second kappa shape index (κ2) is 4.01. The fourth-order valence-electron chi connectivity index (χ4n) is 1.12. The maximum Gasteiger partial charge on any atom is 0.328 e. The first-order valence-corrected chi connectivity index (χ1v) is 4.51. The van der Waals surface area contributed by atoms with Gasteiger partial charge in [0.2, 0.25) is 5.91 Å². The number of hydrogen-bond acceptors (Lipinski definition) is 6. The van der Waals surface area contributed by atoms with Crippen LogP contribution in [0.2, 0.25) is 0 Å². The summed E-state index contributed by atoms with van der Waals surface area (Å²) in [4.78, 5) is 15.3.